The van der Waals surface area contributed by atoms with E-state index in [4.69, 9.17) is 21.1 Å². The van der Waals surface area contributed by atoms with Crippen molar-refractivity contribution in [3.63, 3.8) is 0 Å². The molecule has 0 aliphatic heterocycles. The zero-order chi connectivity index (χ0) is 17.1. The number of hydrogen-bond acceptors (Lipinski definition) is 4. The molecule has 1 rings (SSSR count). The lowest BCUT2D eigenvalue weighted by molar-refractivity contribution is -0.147. The number of rotatable bonds is 7. The molecule has 6 heteroatoms. The third-order valence-electron chi connectivity index (χ3n) is 2.95. The number of carboxylic acid groups (broad SMARTS) is 2. The molecule has 0 aromatic heterocycles. The summed E-state index contributed by atoms with van der Waals surface area (Å²) < 4.78 is 0. The van der Waals surface area contributed by atoms with Gasteiger partial charge in [0.15, 0.2) is 6.10 Å². The lowest BCUT2D eigenvalue weighted by atomic mass is 9.94. The number of aliphatic hydroxyl groups excluding tert-OH is 1. The standard InChI is InChI=1S/C8H17NO2.C8H8O3/c1-6(2)3-7(5-9)4-8(10)11;9-7(8(10)11)6-4-2-1-3-5-6/h6-7H,3-5,9H2,1-2H3,(H,10,11);1-5,7,9H,(H,10,11)/t2*7-/m00/s1. The molecular weight excluding hydrogens is 286 g/mol. The van der Waals surface area contributed by atoms with E-state index in [1.807, 2.05) is 0 Å². The Balaban J connectivity index is 0.000000401. The number of carboxylic acids is 2. The molecule has 0 amide bonds. The van der Waals surface area contributed by atoms with Crippen LogP contribution in [0.4, 0.5) is 0 Å². The molecule has 0 aliphatic carbocycles. The van der Waals surface area contributed by atoms with Gasteiger partial charge in [0.2, 0.25) is 0 Å². The second-order valence-electron chi connectivity index (χ2n) is 5.48. The van der Waals surface area contributed by atoms with Crippen molar-refractivity contribution in [2.24, 2.45) is 17.6 Å². The van der Waals surface area contributed by atoms with E-state index in [9.17, 15) is 9.59 Å². The Bertz CT molecular complexity index is 447. The fourth-order valence-corrected chi connectivity index (χ4v) is 1.95. The molecule has 0 radical (unpaired) electrons. The topological polar surface area (TPSA) is 121 Å². The highest BCUT2D eigenvalue weighted by atomic mass is 16.4. The molecule has 22 heavy (non-hydrogen) atoms. The molecular formula is C16H25NO5. The van der Waals surface area contributed by atoms with Crippen molar-refractivity contribution in [1.29, 1.82) is 0 Å². The molecule has 0 saturated heterocycles. The van der Waals surface area contributed by atoms with Gasteiger partial charge in [-0.15, -0.1) is 0 Å². The third kappa shape index (κ3) is 9.10. The second-order valence-corrected chi connectivity index (χ2v) is 5.48. The minimum atomic E-state index is -1.41. The molecule has 0 spiro atoms. The Morgan fingerprint density at radius 3 is 2.05 bits per heavy atom. The first-order valence-electron chi connectivity index (χ1n) is 7.15. The van der Waals surface area contributed by atoms with Gasteiger partial charge in [-0.25, -0.2) is 4.79 Å². The van der Waals surface area contributed by atoms with Gasteiger partial charge in [-0.2, -0.15) is 0 Å². The van der Waals surface area contributed by atoms with Crippen LogP contribution in [0.2, 0.25) is 0 Å². The summed E-state index contributed by atoms with van der Waals surface area (Å²) >= 11 is 0. The number of aliphatic carboxylic acids is 2. The first-order chi connectivity index (χ1) is 10.3. The molecule has 1 aromatic rings. The number of aliphatic hydroxyl groups is 1. The van der Waals surface area contributed by atoms with E-state index in [2.05, 4.69) is 13.8 Å². The van der Waals surface area contributed by atoms with Crippen molar-refractivity contribution in [2.75, 3.05) is 6.54 Å². The SMILES string of the molecule is CC(C)C[C@H](CN)CC(=O)O.O=C(O)[C@@H](O)c1ccccc1. The number of carbonyl (C=O) groups is 2. The van der Waals surface area contributed by atoms with E-state index >= 15 is 0 Å². The van der Waals surface area contributed by atoms with Gasteiger partial charge in [0, 0.05) is 6.42 Å². The van der Waals surface area contributed by atoms with E-state index in [-0.39, 0.29) is 12.3 Å². The minimum Gasteiger partial charge on any atom is -0.481 e. The molecule has 5 N–H and O–H groups in total. The average molecular weight is 311 g/mol. The number of nitrogens with two attached hydrogens (primary N) is 1. The van der Waals surface area contributed by atoms with Crippen molar-refractivity contribution in [3.05, 3.63) is 35.9 Å². The molecule has 6 nitrogen and oxygen atoms in total. The molecule has 1 aromatic carbocycles. The summed E-state index contributed by atoms with van der Waals surface area (Å²) in [4.78, 5) is 20.5. The highest BCUT2D eigenvalue weighted by Crippen LogP contribution is 2.13. The van der Waals surface area contributed by atoms with Crippen molar-refractivity contribution in [3.8, 4) is 0 Å². The summed E-state index contributed by atoms with van der Waals surface area (Å²) in [6.45, 7) is 4.62. The van der Waals surface area contributed by atoms with E-state index in [0.29, 0.717) is 18.0 Å². The molecule has 0 fully saturated rings. The van der Waals surface area contributed by atoms with Crippen LogP contribution < -0.4 is 5.73 Å². The molecule has 0 bridgehead atoms. The Kier molecular flexibility index (Phi) is 9.82. The van der Waals surface area contributed by atoms with Crippen LogP contribution in [-0.4, -0.2) is 33.8 Å². The van der Waals surface area contributed by atoms with Crippen LogP contribution >= 0.6 is 0 Å². The second kappa shape index (κ2) is 10.8. The van der Waals surface area contributed by atoms with Crippen LogP contribution in [0.15, 0.2) is 30.3 Å². The fraction of sp³-hybridized carbons (Fsp3) is 0.500. The van der Waals surface area contributed by atoms with Crippen LogP contribution in [-0.2, 0) is 9.59 Å². The van der Waals surface area contributed by atoms with Gasteiger partial charge < -0.3 is 21.1 Å². The quantitative estimate of drug-likeness (QED) is 0.610. The smallest absolute Gasteiger partial charge is 0.337 e. The van der Waals surface area contributed by atoms with Crippen LogP contribution in [0, 0.1) is 11.8 Å². The molecule has 124 valence electrons. The van der Waals surface area contributed by atoms with Gasteiger partial charge in [-0.3, -0.25) is 4.79 Å². The monoisotopic (exact) mass is 311 g/mol. The summed E-state index contributed by atoms with van der Waals surface area (Å²) in [5, 5.41) is 25.9. The van der Waals surface area contributed by atoms with E-state index in [0.717, 1.165) is 6.42 Å². The fourth-order valence-electron chi connectivity index (χ4n) is 1.95. The molecule has 0 unspecified atom stereocenters. The highest BCUT2D eigenvalue weighted by Gasteiger charge is 2.14. The van der Waals surface area contributed by atoms with Gasteiger partial charge >= 0.3 is 11.9 Å². The minimum absolute atomic E-state index is 0.146. The average Bonchev–Trinajstić information content (AvgIpc) is 2.46. The van der Waals surface area contributed by atoms with Gasteiger partial charge in [-0.05, 0) is 30.4 Å². The highest BCUT2D eigenvalue weighted by molar-refractivity contribution is 5.73. The predicted octanol–water partition coefficient (Wildman–Crippen LogP) is 1.89. The lowest BCUT2D eigenvalue weighted by Gasteiger charge is -2.13. The van der Waals surface area contributed by atoms with Crippen LogP contribution in [0.1, 0.15) is 38.4 Å². The van der Waals surface area contributed by atoms with E-state index in [1.165, 1.54) is 0 Å². The summed E-state index contributed by atoms with van der Waals surface area (Å²) in [6, 6.07) is 8.26. The first-order valence-corrected chi connectivity index (χ1v) is 7.15. The van der Waals surface area contributed by atoms with E-state index in [1.54, 1.807) is 30.3 Å². The Hall–Kier alpha value is -1.92. The summed E-state index contributed by atoms with van der Waals surface area (Å²) in [7, 11) is 0. The normalized spacial score (nSPS) is 13.0. The number of hydrogen-bond donors (Lipinski definition) is 4. The Morgan fingerprint density at radius 2 is 1.68 bits per heavy atom. The largest absolute Gasteiger partial charge is 0.481 e. The van der Waals surface area contributed by atoms with Crippen molar-refractivity contribution in [2.45, 2.75) is 32.8 Å². The molecule has 0 saturated carbocycles. The summed E-state index contributed by atoms with van der Waals surface area (Å²) in [5.74, 6) is -1.30. The Morgan fingerprint density at radius 1 is 1.14 bits per heavy atom. The van der Waals surface area contributed by atoms with Gasteiger partial charge in [0.1, 0.15) is 0 Å². The molecule has 0 aliphatic rings. The molecule has 0 heterocycles. The molecule has 2 atom stereocenters. The lowest BCUT2D eigenvalue weighted by Crippen LogP contribution is -2.19. The maximum absolute atomic E-state index is 10.3. The van der Waals surface area contributed by atoms with Gasteiger partial charge in [-0.1, -0.05) is 44.2 Å². The van der Waals surface area contributed by atoms with Crippen LogP contribution in [0.25, 0.3) is 0 Å². The Labute approximate surface area is 130 Å². The van der Waals surface area contributed by atoms with E-state index < -0.39 is 18.0 Å². The predicted molar refractivity (Wildman–Crippen MR) is 83.3 cm³/mol. The van der Waals surface area contributed by atoms with Crippen LogP contribution in [0.3, 0.4) is 0 Å². The summed E-state index contributed by atoms with van der Waals surface area (Å²) in [5.41, 5.74) is 5.81. The van der Waals surface area contributed by atoms with Crippen molar-refractivity contribution in [1.82, 2.24) is 0 Å². The van der Waals surface area contributed by atoms with Crippen molar-refractivity contribution < 1.29 is 24.9 Å². The van der Waals surface area contributed by atoms with Crippen LogP contribution in [0.5, 0.6) is 0 Å². The van der Waals surface area contributed by atoms with Gasteiger partial charge in [0.25, 0.3) is 0 Å². The maximum atomic E-state index is 10.3. The first kappa shape index (κ1) is 20.1. The number of benzene rings is 1. The zero-order valence-electron chi connectivity index (χ0n) is 13.0. The van der Waals surface area contributed by atoms with Gasteiger partial charge in [0.05, 0.1) is 0 Å². The summed E-state index contributed by atoms with van der Waals surface area (Å²) in [6.07, 6.45) is -0.298. The zero-order valence-corrected chi connectivity index (χ0v) is 13.0. The third-order valence-corrected chi connectivity index (χ3v) is 2.95. The maximum Gasteiger partial charge on any atom is 0.337 e. The van der Waals surface area contributed by atoms with Crippen molar-refractivity contribution >= 4 is 11.9 Å².